The summed E-state index contributed by atoms with van der Waals surface area (Å²) in [6, 6.07) is 50.3. The monoisotopic (exact) mass is 616 g/mol. The quantitative estimate of drug-likeness (QED) is 0.193. The van der Waals surface area contributed by atoms with Crippen LogP contribution in [0.15, 0.2) is 158 Å². The molecule has 6 aromatic carbocycles. The number of rotatable bonds is 4. The van der Waals surface area contributed by atoms with Gasteiger partial charge in [0.2, 0.25) is 0 Å². The molecule has 0 saturated heterocycles. The summed E-state index contributed by atoms with van der Waals surface area (Å²) >= 11 is 0. The molecule has 1 aliphatic carbocycles. The number of hydrogen-bond donors (Lipinski definition) is 0. The van der Waals surface area contributed by atoms with Crippen molar-refractivity contribution in [3.8, 4) is 17.1 Å². The Balaban J connectivity index is 1.17. The first-order valence-corrected chi connectivity index (χ1v) is 16.6. The first-order valence-electron chi connectivity index (χ1n) is 16.6. The molecule has 0 saturated carbocycles. The van der Waals surface area contributed by atoms with Crippen LogP contribution in [-0.2, 0) is 7.05 Å². The van der Waals surface area contributed by atoms with Gasteiger partial charge in [-0.3, -0.25) is 0 Å². The fourth-order valence-electron chi connectivity index (χ4n) is 7.98. The zero-order chi connectivity index (χ0) is 31.8. The largest absolute Gasteiger partial charge is 0.327 e. The number of aromatic nitrogens is 4. The van der Waals surface area contributed by atoms with Gasteiger partial charge in [-0.2, -0.15) is 0 Å². The smallest absolute Gasteiger partial charge is 0.140 e. The van der Waals surface area contributed by atoms with Crippen LogP contribution >= 0.6 is 0 Å². The van der Waals surface area contributed by atoms with Crippen molar-refractivity contribution in [2.75, 3.05) is 0 Å². The molecule has 3 heterocycles. The van der Waals surface area contributed by atoms with E-state index in [1.54, 1.807) is 0 Å². The minimum Gasteiger partial charge on any atom is -0.327 e. The minimum absolute atomic E-state index is 0.236. The van der Waals surface area contributed by atoms with Crippen molar-refractivity contribution in [2.24, 2.45) is 7.05 Å². The number of para-hydroxylation sites is 3. The van der Waals surface area contributed by atoms with Crippen molar-refractivity contribution in [2.45, 2.75) is 12.3 Å². The van der Waals surface area contributed by atoms with Crippen LogP contribution in [0, 0.1) is 0 Å². The summed E-state index contributed by atoms with van der Waals surface area (Å²) in [5.74, 6) is 1.23. The Morgan fingerprint density at radius 1 is 0.583 bits per heavy atom. The summed E-state index contributed by atoms with van der Waals surface area (Å²) in [6.07, 6.45) is 7.80. The summed E-state index contributed by atoms with van der Waals surface area (Å²) in [6.45, 7) is 0. The van der Waals surface area contributed by atoms with Crippen molar-refractivity contribution in [1.29, 1.82) is 0 Å². The fourth-order valence-corrected chi connectivity index (χ4v) is 7.98. The molecule has 0 N–H and O–H groups in total. The van der Waals surface area contributed by atoms with Crippen LogP contribution in [-0.4, -0.2) is 18.7 Å². The Kier molecular flexibility index (Phi) is 5.88. The molecule has 3 aromatic heterocycles. The van der Waals surface area contributed by atoms with E-state index in [0.29, 0.717) is 0 Å². The minimum atomic E-state index is 0.236. The lowest BCUT2D eigenvalue weighted by molar-refractivity contribution is 0.837. The first-order chi connectivity index (χ1) is 23.7. The number of fused-ring (bicyclic) bond motifs is 8. The molecule has 0 bridgehead atoms. The lowest BCUT2D eigenvalue weighted by Crippen LogP contribution is -2.07. The second-order valence-corrected chi connectivity index (χ2v) is 12.9. The lowest BCUT2D eigenvalue weighted by Gasteiger charge is -2.22. The third-order valence-electron chi connectivity index (χ3n) is 10.2. The van der Waals surface area contributed by atoms with Gasteiger partial charge in [-0.1, -0.05) is 115 Å². The van der Waals surface area contributed by atoms with Crippen LogP contribution < -0.4 is 0 Å². The highest BCUT2D eigenvalue weighted by atomic mass is 15.1. The highest BCUT2D eigenvalue weighted by Gasteiger charge is 2.24. The third-order valence-corrected chi connectivity index (χ3v) is 10.2. The van der Waals surface area contributed by atoms with E-state index in [2.05, 4.69) is 172 Å². The topological polar surface area (TPSA) is 27.7 Å². The van der Waals surface area contributed by atoms with Gasteiger partial charge in [-0.05, 0) is 54.5 Å². The molecule has 4 heteroatoms. The fraction of sp³-hybridized carbons (Fsp3) is 0.0682. The predicted octanol–water partition coefficient (Wildman–Crippen LogP) is 11.0. The maximum atomic E-state index is 5.00. The van der Waals surface area contributed by atoms with Gasteiger partial charge < -0.3 is 13.7 Å². The highest BCUT2D eigenvalue weighted by molar-refractivity contribution is 6.24. The Hall–Kier alpha value is -6.13. The van der Waals surface area contributed by atoms with Crippen LogP contribution in [0.5, 0.6) is 0 Å². The van der Waals surface area contributed by atoms with Gasteiger partial charge in [0.15, 0.2) is 0 Å². The summed E-state index contributed by atoms with van der Waals surface area (Å²) in [4.78, 5) is 5.00. The van der Waals surface area contributed by atoms with Crippen LogP contribution in [0.2, 0.25) is 0 Å². The molecule has 1 unspecified atom stereocenters. The second kappa shape index (κ2) is 10.4. The molecule has 228 valence electrons. The maximum absolute atomic E-state index is 5.00. The van der Waals surface area contributed by atoms with Gasteiger partial charge in [0.25, 0.3) is 0 Å². The molecule has 4 nitrogen and oxygen atoms in total. The van der Waals surface area contributed by atoms with Crippen molar-refractivity contribution < 1.29 is 0 Å². The molecule has 0 radical (unpaired) electrons. The summed E-state index contributed by atoms with van der Waals surface area (Å²) in [5.41, 5.74) is 12.0. The molecular formula is C44H32N4. The molecular weight excluding hydrogens is 585 g/mol. The van der Waals surface area contributed by atoms with E-state index in [-0.39, 0.29) is 5.92 Å². The van der Waals surface area contributed by atoms with Crippen LogP contribution in [0.1, 0.15) is 17.9 Å². The van der Waals surface area contributed by atoms with Crippen LogP contribution in [0.4, 0.5) is 0 Å². The Morgan fingerprint density at radius 3 is 1.94 bits per heavy atom. The van der Waals surface area contributed by atoms with Crippen molar-refractivity contribution in [3.63, 3.8) is 0 Å². The van der Waals surface area contributed by atoms with Gasteiger partial charge in [0, 0.05) is 51.5 Å². The van der Waals surface area contributed by atoms with Gasteiger partial charge in [0.1, 0.15) is 5.82 Å². The predicted molar refractivity (Wildman–Crippen MR) is 201 cm³/mol. The first kappa shape index (κ1) is 27.0. The average molecular weight is 617 g/mol. The normalized spacial score (nSPS) is 14.9. The Bertz CT molecular complexity index is 2750. The Morgan fingerprint density at radius 2 is 1.21 bits per heavy atom. The summed E-state index contributed by atoms with van der Waals surface area (Å²) in [7, 11) is 2.12. The second-order valence-electron chi connectivity index (χ2n) is 12.9. The lowest BCUT2D eigenvalue weighted by atomic mass is 9.90. The number of allylic oxidation sites excluding steroid dienone is 4. The standard InChI is InChI=1S/C44H32N4/c1-46-41-28-31(23-26-38(41)45-44(46)29-13-4-2-5-14-29)30-15-12-18-33(27-30)48-40-22-11-9-20-35(40)37-25-24-36-34-19-8-10-21-39(34)47(42(36)43(37)48)32-16-6-3-7-17-32/h2-26,28,30H,27H2,1H3. The number of benzene rings is 6. The number of aryl methyl sites for hydroxylation is 1. The maximum Gasteiger partial charge on any atom is 0.140 e. The van der Waals surface area contributed by atoms with E-state index in [1.165, 1.54) is 60.6 Å². The Labute approximate surface area is 278 Å². The number of imidazole rings is 1. The van der Waals surface area contributed by atoms with Gasteiger partial charge in [0.05, 0.1) is 33.1 Å². The van der Waals surface area contributed by atoms with Crippen LogP contribution in [0.25, 0.3) is 77.4 Å². The van der Waals surface area contributed by atoms with Gasteiger partial charge in [-0.15, -0.1) is 0 Å². The van der Waals surface area contributed by atoms with Crippen molar-refractivity contribution in [1.82, 2.24) is 18.7 Å². The van der Waals surface area contributed by atoms with E-state index in [1.807, 2.05) is 6.07 Å². The molecule has 0 aliphatic heterocycles. The van der Waals surface area contributed by atoms with Crippen molar-refractivity contribution in [3.05, 3.63) is 163 Å². The van der Waals surface area contributed by atoms with E-state index >= 15 is 0 Å². The molecule has 1 atom stereocenters. The van der Waals surface area contributed by atoms with E-state index in [0.717, 1.165) is 28.8 Å². The van der Waals surface area contributed by atoms with E-state index in [4.69, 9.17) is 4.98 Å². The molecule has 1 aliphatic rings. The van der Waals surface area contributed by atoms with Gasteiger partial charge >= 0.3 is 0 Å². The summed E-state index contributed by atoms with van der Waals surface area (Å²) < 4.78 is 7.22. The zero-order valence-corrected chi connectivity index (χ0v) is 26.6. The van der Waals surface area contributed by atoms with E-state index < -0.39 is 0 Å². The van der Waals surface area contributed by atoms with Crippen LogP contribution in [0.3, 0.4) is 0 Å². The molecule has 0 fully saturated rings. The van der Waals surface area contributed by atoms with Crippen molar-refractivity contribution >= 4 is 60.3 Å². The summed E-state index contributed by atoms with van der Waals surface area (Å²) in [5, 5.41) is 5.08. The van der Waals surface area contributed by atoms with E-state index in [9.17, 15) is 0 Å². The number of nitrogens with zero attached hydrogens (tertiary/aromatic N) is 4. The molecule has 48 heavy (non-hydrogen) atoms. The zero-order valence-electron chi connectivity index (χ0n) is 26.6. The average Bonchev–Trinajstić information content (AvgIpc) is 3.79. The molecule has 9 aromatic rings. The van der Waals surface area contributed by atoms with Gasteiger partial charge in [-0.25, -0.2) is 4.98 Å². The number of hydrogen-bond acceptors (Lipinski definition) is 1. The molecule has 0 amide bonds. The molecule has 10 rings (SSSR count). The molecule has 0 spiro atoms. The SMILES string of the molecule is Cn1c(-c2ccccc2)nc2ccc(C3C=CC=C(n4c5ccccc5c5ccc6c7ccccc7n(-c7ccccc7)c6c54)C3)cc21. The third kappa shape index (κ3) is 3.93. The highest BCUT2D eigenvalue weighted by Crippen LogP contribution is 2.43.